The Labute approximate surface area is 440 Å². The summed E-state index contributed by atoms with van der Waals surface area (Å²) in [6, 6.07) is 11.8. The number of fused-ring (bicyclic) bond motifs is 7. The van der Waals surface area contributed by atoms with Crippen molar-refractivity contribution in [2.24, 2.45) is 53.3 Å². The largest absolute Gasteiger partial charge is 0.466 e. The monoisotopic (exact) mass is 1010 g/mol. The fraction of sp³-hybridized carbons (Fsp3) is 0.613. The molecule has 0 aliphatic heterocycles. The van der Waals surface area contributed by atoms with Gasteiger partial charge in [-0.1, -0.05) is 108 Å². The smallest absolute Gasteiger partial charge is 0.333 e. The lowest BCUT2D eigenvalue weighted by Crippen LogP contribution is -2.52. The molecule has 73 heavy (non-hydrogen) atoms. The van der Waals surface area contributed by atoms with E-state index in [4.69, 9.17) is 10.00 Å². The number of rotatable bonds is 8. The van der Waals surface area contributed by atoms with E-state index in [0.29, 0.717) is 34.5 Å². The molecule has 0 spiro atoms. The molecule has 4 atom stereocenters. The van der Waals surface area contributed by atoms with Crippen LogP contribution in [-0.4, -0.2) is 63.4 Å². The lowest BCUT2D eigenvalue weighted by molar-refractivity contribution is -0.182. The van der Waals surface area contributed by atoms with E-state index in [9.17, 15) is 24.0 Å². The highest BCUT2D eigenvalue weighted by Gasteiger charge is 2.53. The maximum absolute atomic E-state index is 11.7. The van der Waals surface area contributed by atoms with Crippen molar-refractivity contribution >= 4 is 35.9 Å². The molecule has 10 rings (SSSR count). The van der Waals surface area contributed by atoms with Crippen LogP contribution in [0.25, 0.3) is 6.08 Å². The van der Waals surface area contributed by atoms with Crippen molar-refractivity contribution < 1.29 is 47.7 Å². The molecule has 0 heterocycles. The topological polar surface area (TPSA) is 155 Å². The molecular formula is C62H93NO10. The third kappa shape index (κ3) is 24.4. The van der Waals surface area contributed by atoms with E-state index in [2.05, 4.69) is 58.4 Å². The van der Waals surface area contributed by atoms with Gasteiger partial charge in [0.15, 0.2) is 0 Å². The molecule has 11 nitrogen and oxygen atoms in total. The molecular weight excluding hydrogens is 919 g/mol. The predicted octanol–water partition coefficient (Wildman–Crippen LogP) is 14.3. The van der Waals surface area contributed by atoms with Crippen molar-refractivity contribution in [1.82, 2.24) is 0 Å². The number of carbonyl (C=O) groups excluding carboxylic acids is 5. The first-order valence-corrected chi connectivity index (χ1v) is 26.4. The van der Waals surface area contributed by atoms with Gasteiger partial charge in [-0.05, 0) is 177 Å². The number of methoxy groups -OCH3 is 3. The first kappa shape index (κ1) is 65.5. The van der Waals surface area contributed by atoms with Gasteiger partial charge in [-0.2, -0.15) is 5.26 Å². The number of ether oxygens (including phenoxy) is 5. The van der Waals surface area contributed by atoms with Gasteiger partial charge in [0.05, 0.1) is 34.0 Å². The van der Waals surface area contributed by atoms with Crippen LogP contribution in [0.1, 0.15) is 163 Å². The minimum Gasteiger partial charge on any atom is -0.466 e. The minimum absolute atomic E-state index is 0.106. The Morgan fingerprint density at radius 3 is 1.14 bits per heavy atom. The summed E-state index contributed by atoms with van der Waals surface area (Å²) in [7, 11) is 3.99. The second kappa shape index (κ2) is 34.8. The first-order chi connectivity index (χ1) is 34.5. The highest BCUT2D eigenvalue weighted by atomic mass is 16.6. The van der Waals surface area contributed by atoms with E-state index in [1.54, 1.807) is 118 Å². The molecule has 9 aliphatic rings. The lowest BCUT2D eigenvalue weighted by Gasteiger charge is -2.55. The standard InChI is InChI=1S/C14H20O2.C10H16.C8H8.C7H12.C6H10O2.3C5H8O2.C2H3N/c1-9(2)13(15)16-14-6-10-3-11(7-14)5-12(4-10)8-14;1-2-9-7-4-5-8(6-7)10(9)3-1;1-2-8-6-4-3-5-7-8;1-2-7-4-3-6(1)5-7;1-4-8-6(7)5(2)3;3*1-4(2)5(6)7-3;1-2-3/h10-12H,1,3-8H2,2H3;7-10H,1-6H2;2-7H,1H2;6-7H,1-5H2;2,4H2,1,3H3;3*1H2,2-3H3;1H3. The summed E-state index contributed by atoms with van der Waals surface area (Å²) in [5, 5.41) is 7.32. The molecule has 8 bridgehead atoms. The second-order valence-electron chi connectivity index (χ2n) is 21.1. The van der Waals surface area contributed by atoms with Gasteiger partial charge in [-0.25, -0.2) is 24.0 Å². The van der Waals surface area contributed by atoms with E-state index < -0.39 is 0 Å². The predicted molar refractivity (Wildman–Crippen MR) is 293 cm³/mol. The first-order valence-electron chi connectivity index (χ1n) is 26.4. The van der Waals surface area contributed by atoms with E-state index >= 15 is 0 Å². The summed E-state index contributed by atoms with van der Waals surface area (Å²) in [6.45, 7) is 32.6. The Hall–Kier alpha value is -5.50. The summed E-state index contributed by atoms with van der Waals surface area (Å²) >= 11 is 0. The van der Waals surface area contributed by atoms with Crippen LogP contribution in [0.15, 0.2) is 97.7 Å². The highest BCUT2D eigenvalue weighted by molar-refractivity contribution is 5.88. The summed E-state index contributed by atoms with van der Waals surface area (Å²) in [6.07, 6.45) is 26.7. The Morgan fingerprint density at radius 2 is 0.904 bits per heavy atom. The fourth-order valence-corrected chi connectivity index (χ4v) is 12.0. The summed E-state index contributed by atoms with van der Waals surface area (Å²) in [4.78, 5) is 52.7. The van der Waals surface area contributed by atoms with Crippen molar-refractivity contribution in [3.8, 4) is 6.07 Å². The van der Waals surface area contributed by atoms with Crippen molar-refractivity contribution in [2.45, 2.75) is 163 Å². The molecule has 9 fully saturated rings. The van der Waals surface area contributed by atoms with Crippen LogP contribution in [0.4, 0.5) is 0 Å². The quantitative estimate of drug-likeness (QED) is 0.139. The van der Waals surface area contributed by atoms with Crippen LogP contribution in [0.3, 0.4) is 0 Å². The molecule has 1 aromatic rings. The Morgan fingerprint density at radius 1 is 0.562 bits per heavy atom. The Kier molecular flexibility index (Phi) is 31.3. The van der Waals surface area contributed by atoms with Crippen LogP contribution in [0.5, 0.6) is 0 Å². The maximum atomic E-state index is 11.7. The summed E-state index contributed by atoms with van der Waals surface area (Å²) < 4.78 is 23.2. The number of nitrogens with zero attached hydrogens (tertiary/aromatic N) is 1. The Balaban J connectivity index is 0.000000423. The van der Waals surface area contributed by atoms with E-state index in [1.807, 2.05) is 36.4 Å². The average Bonchev–Trinajstić information content (AvgIpc) is 4.24. The number of hydrogen-bond donors (Lipinski definition) is 0. The third-order valence-corrected chi connectivity index (χ3v) is 14.9. The zero-order valence-electron chi connectivity index (χ0n) is 46.7. The van der Waals surface area contributed by atoms with Gasteiger partial charge < -0.3 is 23.7 Å². The van der Waals surface area contributed by atoms with Gasteiger partial charge in [-0.3, -0.25) is 0 Å². The van der Waals surface area contributed by atoms with E-state index in [0.717, 1.165) is 37.0 Å². The van der Waals surface area contributed by atoms with Crippen LogP contribution in [0, 0.1) is 64.6 Å². The van der Waals surface area contributed by atoms with Gasteiger partial charge in [0, 0.05) is 34.8 Å². The minimum atomic E-state index is -0.347. The van der Waals surface area contributed by atoms with Crippen molar-refractivity contribution in [2.75, 3.05) is 27.9 Å². The van der Waals surface area contributed by atoms with Crippen LogP contribution < -0.4 is 0 Å². The lowest BCUT2D eigenvalue weighted by atomic mass is 9.54. The highest BCUT2D eigenvalue weighted by Crippen LogP contribution is 2.59. The van der Waals surface area contributed by atoms with Crippen molar-refractivity contribution in [3.63, 3.8) is 0 Å². The van der Waals surface area contributed by atoms with E-state index in [-0.39, 0.29) is 35.4 Å². The van der Waals surface area contributed by atoms with Gasteiger partial charge >= 0.3 is 29.8 Å². The molecule has 4 unspecified atom stereocenters. The molecule has 0 aromatic heterocycles. The molecule has 0 radical (unpaired) electrons. The van der Waals surface area contributed by atoms with E-state index in [1.165, 1.54) is 88.6 Å². The molecule has 11 heteroatoms. The average molecular weight is 1010 g/mol. The number of hydrogen-bond acceptors (Lipinski definition) is 11. The third-order valence-electron chi connectivity index (χ3n) is 14.9. The molecule has 0 saturated heterocycles. The SMILES string of the molecule is C1CC2C3CCC(C3)C2C1.C1CC2CCC1C2.C=C(C)C(=O)OC.C=C(C)C(=O)OC.C=C(C)C(=O)OC.C=C(C)C(=O)OC12CC3CC(CC(C3)C1)C2.C=C(C)C(=O)OCC.C=Cc1ccccc1.CC#N. The fourth-order valence-electron chi connectivity index (χ4n) is 12.0. The molecule has 9 saturated carbocycles. The van der Waals surface area contributed by atoms with Crippen molar-refractivity contribution in [3.05, 3.63) is 103 Å². The maximum Gasteiger partial charge on any atom is 0.333 e. The van der Waals surface area contributed by atoms with Gasteiger partial charge in [-0.15, -0.1) is 0 Å². The van der Waals surface area contributed by atoms with Crippen LogP contribution >= 0.6 is 0 Å². The second-order valence-corrected chi connectivity index (χ2v) is 21.1. The van der Waals surface area contributed by atoms with Gasteiger partial charge in [0.25, 0.3) is 0 Å². The molecule has 9 aliphatic carbocycles. The van der Waals surface area contributed by atoms with Crippen LogP contribution in [0.2, 0.25) is 0 Å². The van der Waals surface area contributed by atoms with Gasteiger partial charge in [0.2, 0.25) is 0 Å². The summed E-state index contributed by atoms with van der Waals surface area (Å²) in [5.74, 6) is 8.08. The number of nitriles is 1. The molecule has 406 valence electrons. The Bertz CT molecular complexity index is 1890. The number of carbonyl (C=O) groups is 5. The summed E-state index contributed by atoms with van der Waals surface area (Å²) in [5.41, 5.74) is 3.35. The molecule has 0 N–H and O–H groups in total. The molecule has 0 amide bonds. The zero-order chi connectivity index (χ0) is 55.3. The number of esters is 5. The molecule has 1 aromatic carbocycles. The van der Waals surface area contributed by atoms with Gasteiger partial charge in [0.1, 0.15) is 5.60 Å². The zero-order valence-corrected chi connectivity index (χ0v) is 46.7. The normalized spacial score (nSPS) is 26.4. The van der Waals surface area contributed by atoms with Crippen LogP contribution in [-0.2, 0) is 47.7 Å². The number of benzene rings is 1. The van der Waals surface area contributed by atoms with Crippen molar-refractivity contribution in [1.29, 1.82) is 5.26 Å².